The Morgan fingerprint density at radius 3 is 2.21 bits per heavy atom. The summed E-state index contributed by atoms with van der Waals surface area (Å²) in [4.78, 5) is -0.374. The van der Waals surface area contributed by atoms with Crippen molar-refractivity contribution < 1.29 is 21.2 Å². The lowest BCUT2D eigenvalue weighted by Crippen LogP contribution is -2.32. The van der Waals surface area contributed by atoms with Crippen LogP contribution in [0.1, 0.15) is 31.7 Å². The van der Waals surface area contributed by atoms with Crippen LogP contribution in [0.3, 0.4) is 0 Å². The lowest BCUT2D eigenvalue weighted by Gasteiger charge is -2.23. The van der Waals surface area contributed by atoms with E-state index in [2.05, 4.69) is 0 Å². The van der Waals surface area contributed by atoms with Gasteiger partial charge >= 0.3 is 0 Å². The van der Waals surface area contributed by atoms with Crippen molar-refractivity contribution in [2.24, 2.45) is 0 Å². The molecule has 0 aliphatic heterocycles. The Morgan fingerprint density at radius 2 is 1.64 bits per heavy atom. The van der Waals surface area contributed by atoms with Gasteiger partial charge in [0.05, 0.1) is 9.92 Å². The zero-order valence-electron chi connectivity index (χ0n) is 15.7. The van der Waals surface area contributed by atoms with E-state index in [1.165, 1.54) is 40.7 Å². The third kappa shape index (κ3) is 5.76. The highest BCUT2D eigenvalue weighted by molar-refractivity contribution is 7.91. The van der Waals surface area contributed by atoms with Crippen molar-refractivity contribution in [1.82, 2.24) is 4.31 Å². The summed E-state index contributed by atoms with van der Waals surface area (Å²) in [5, 5.41) is -0.0491. The highest BCUT2D eigenvalue weighted by Gasteiger charge is 2.28. The van der Waals surface area contributed by atoms with Crippen molar-refractivity contribution in [3.05, 3.63) is 58.9 Å². The largest absolute Gasteiger partial charge is 0.244 e. The van der Waals surface area contributed by atoms with E-state index < -0.39 is 25.7 Å². The molecule has 2 aromatic rings. The van der Waals surface area contributed by atoms with E-state index in [-0.39, 0.29) is 27.9 Å². The van der Waals surface area contributed by atoms with Gasteiger partial charge in [-0.2, -0.15) is 4.31 Å². The molecule has 0 aromatic heterocycles. The summed E-state index contributed by atoms with van der Waals surface area (Å²) in [5.41, 5.74) is 0.622. The Kier molecular flexibility index (Phi) is 7.61. The van der Waals surface area contributed by atoms with Crippen molar-refractivity contribution in [2.75, 3.05) is 12.8 Å². The van der Waals surface area contributed by atoms with E-state index >= 15 is 0 Å². The normalized spacial score (nSPS) is 12.5. The van der Waals surface area contributed by atoms with Gasteiger partial charge in [0.25, 0.3) is 0 Å². The molecule has 0 saturated carbocycles. The standard InChI is InChI=1S/C19H23ClFNO4S2/c1-3-4-5-12-22(14-15-6-8-16(21)9-7-15)28(25,26)19-13-17(27(2,23)24)10-11-18(19)20/h6-11,13H,3-5,12,14H2,1-2H3. The van der Waals surface area contributed by atoms with Crippen LogP contribution >= 0.6 is 11.6 Å². The minimum atomic E-state index is -4.06. The fraction of sp³-hybridized carbons (Fsp3) is 0.368. The van der Waals surface area contributed by atoms with E-state index in [1.54, 1.807) is 0 Å². The molecule has 2 rings (SSSR count). The minimum Gasteiger partial charge on any atom is -0.224 e. The molecule has 0 N–H and O–H groups in total. The Hall–Kier alpha value is -1.48. The maximum absolute atomic E-state index is 13.3. The molecule has 0 heterocycles. The van der Waals surface area contributed by atoms with Gasteiger partial charge in [-0.25, -0.2) is 21.2 Å². The second kappa shape index (κ2) is 9.35. The van der Waals surface area contributed by atoms with Crippen LogP contribution in [0.25, 0.3) is 0 Å². The number of halogens is 2. The van der Waals surface area contributed by atoms with Gasteiger partial charge in [-0.05, 0) is 42.3 Å². The number of unbranched alkanes of at least 4 members (excludes halogenated alkanes) is 2. The average molecular weight is 448 g/mol. The molecule has 0 aliphatic carbocycles. The van der Waals surface area contributed by atoms with Gasteiger partial charge in [0, 0.05) is 19.3 Å². The average Bonchev–Trinajstić information content (AvgIpc) is 2.62. The van der Waals surface area contributed by atoms with Crippen molar-refractivity contribution in [3.8, 4) is 0 Å². The number of sulfone groups is 1. The topological polar surface area (TPSA) is 71.5 Å². The van der Waals surface area contributed by atoms with Crippen molar-refractivity contribution in [3.63, 3.8) is 0 Å². The van der Waals surface area contributed by atoms with E-state index in [1.807, 2.05) is 6.92 Å². The molecule has 0 unspecified atom stereocenters. The highest BCUT2D eigenvalue weighted by Crippen LogP contribution is 2.29. The van der Waals surface area contributed by atoms with Gasteiger partial charge in [-0.15, -0.1) is 0 Å². The van der Waals surface area contributed by atoms with Gasteiger partial charge in [0.1, 0.15) is 10.7 Å². The molecule has 5 nitrogen and oxygen atoms in total. The quantitative estimate of drug-likeness (QED) is 0.538. The first-order valence-electron chi connectivity index (χ1n) is 8.80. The molecule has 0 spiro atoms. The zero-order chi connectivity index (χ0) is 20.9. The highest BCUT2D eigenvalue weighted by atomic mass is 35.5. The van der Waals surface area contributed by atoms with Gasteiger partial charge < -0.3 is 0 Å². The van der Waals surface area contributed by atoms with Crippen LogP contribution in [-0.2, 0) is 26.4 Å². The van der Waals surface area contributed by atoms with Crippen molar-refractivity contribution >= 4 is 31.5 Å². The Bertz CT molecular complexity index is 1020. The van der Waals surface area contributed by atoms with E-state index in [0.29, 0.717) is 12.0 Å². The summed E-state index contributed by atoms with van der Waals surface area (Å²) in [5.74, 6) is -0.409. The van der Waals surface area contributed by atoms with E-state index in [0.717, 1.165) is 25.2 Å². The molecule has 0 atom stereocenters. The number of rotatable bonds is 9. The maximum Gasteiger partial charge on any atom is 0.244 e. The Labute approximate surface area is 171 Å². The molecule has 0 saturated heterocycles. The molecule has 2 aromatic carbocycles. The number of sulfonamides is 1. The predicted octanol–water partition coefficient (Wildman–Crippen LogP) is 4.26. The number of nitrogens with zero attached hydrogens (tertiary/aromatic N) is 1. The molecule has 154 valence electrons. The Balaban J connectivity index is 2.46. The third-order valence-corrected chi connectivity index (χ3v) is 7.67. The molecular weight excluding hydrogens is 425 g/mol. The Morgan fingerprint density at radius 1 is 1.00 bits per heavy atom. The minimum absolute atomic E-state index is 0.0335. The first-order chi connectivity index (χ1) is 13.1. The predicted molar refractivity (Wildman–Crippen MR) is 108 cm³/mol. The van der Waals surface area contributed by atoms with Crippen LogP contribution in [0.4, 0.5) is 4.39 Å². The molecular formula is C19H23ClFNO4S2. The number of hydrogen-bond donors (Lipinski definition) is 0. The van der Waals surface area contributed by atoms with Crippen LogP contribution in [-0.4, -0.2) is 33.9 Å². The summed E-state index contributed by atoms with van der Waals surface area (Å²) < 4.78 is 64.6. The molecule has 28 heavy (non-hydrogen) atoms. The fourth-order valence-electron chi connectivity index (χ4n) is 2.67. The number of hydrogen-bond acceptors (Lipinski definition) is 4. The summed E-state index contributed by atoms with van der Waals surface area (Å²) in [6.07, 6.45) is 3.39. The van der Waals surface area contributed by atoms with E-state index in [9.17, 15) is 21.2 Å². The van der Waals surface area contributed by atoms with E-state index in [4.69, 9.17) is 11.6 Å². The van der Waals surface area contributed by atoms with Crippen LogP contribution in [0.5, 0.6) is 0 Å². The maximum atomic E-state index is 13.3. The van der Waals surface area contributed by atoms with Crippen LogP contribution in [0.15, 0.2) is 52.3 Å². The number of benzene rings is 2. The van der Waals surface area contributed by atoms with Crippen molar-refractivity contribution in [2.45, 2.75) is 42.5 Å². The van der Waals surface area contributed by atoms with Crippen LogP contribution in [0.2, 0.25) is 5.02 Å². The second-order valence-corrected chi connectivity index (χ2v) is 10.9. The zero-order valence-corrected chi connectivity index (χ0v) is 18.1. The van der Waals surface area contributed by atoms with Gasteiger partial charge in [-0.1, -0.05) is 43.5 Å². The second-order valence-electron chi connectivity index (χ2n) is 6.54. The summed E-state index contributed by atoms with van der Waals surface area (Å²) >= 11 is 6.11. The molecule has 0 fully saturated rings. The molecule has 0 aliphatic rings. The molecule has 0 radical (unpaired) electrons. The molecule has 9 heteroatoms. The molecule has 0 amide bonds. The smallest absolute Gasteiger partial charge is 0.224 e. The SMILES string of the molecule is CCCCCN(Cc1ccc(F)cc1)S(=O)(=O)c1cc(S(C)(=O)=O)ccc1Cl. The van der Waals surface area contributed by atoms with Gasteiger partial charge in [0.2, 0.25) is 10.0 Å². The van der Waals surface area contributed by atoms with Crippen LogP contribution < -0.4 is 0 Å². The lowest BCUT2D eigenvalue weighted by atomic mass is 10.2. The summed E-state index contributed by atoms with van der Waals surface area (Å²) in [6.45, 7) is 2.28. The first kappa shape index (κ1) is 22.8. The summed E-state index contributed by atoms with van der Waals surface area (Å²) in [6, 6.07) is 9.21. The third-order valence-electron chi connectivity index (χ3n) is 4.23. The van der Waals surface area contributed by atoms with Gasteiger partial charge in [-0.3, -0.25) is 0 Å². The summed E-state index contributed by atoms with van der Waals surface area (Å²) in [7, 11) is -7.66. The van der Waals surface area contributed by atoms with Crippen molar-refractivity contribution in [1.29, 1.82) is 0 Å². The molecule has 0 bridgehead atoms. The first-order valence-corrected chi connectivity index (χ1v) is 12.5. The fourth-order valence-corrected chi connectivity index (χ4v) is 5.36. The van der Waals surface area contributed by atoms with Crippen LogP contribution in [0, 0.1) is 5.82 Å². The monoisotopic (exact) mass is 447 g/mol. The van der Waals surface area contributed by atoms with Gasteiger partial charge in [0.15, 0.2) is 9.84 Å². The lowest BCUT2D eigenvalue weighted by molar-refractivity contribution is 0.394.